The Bertz CT molecular complexity index is 731. The first-order chi connectivity index (χ1) is 9.50. The molecule has 3 nitrogen and oxygen atoms in total. The molecule has 104 valence electrons. The molecule has 1 saturated heterocycles. The molecule has 0 amide bonds. The number of hydrogen-bond donors (Lipinski definition) is 0. The summed E-state index contributed by atoms with van der Waals surface area (Å²) < 4.78 is 37.3. The lowest BCUT2D eigenvalue weighted by Crippen LogP contribution is -2.27. The second-order valence-electron chi connectivity index (χ2n) is 5.45. The zero-order chi connectivity index (χ0) is 14.3. The van der Waals surface area contributed by atoms with Gasteiger partial charge in [0.15, 0.2) is 9.84 Å². The minimum Gasteiger partial charge on any atom is -0.228 e. The van der Waals surface area contributed by atoms with Gasteiger partial charge in [-0.25, -0.2) is 12.8 Å². The van der Waals surface area contributed by atoms with Crippen LogP contribution in [0.5, 0.6) is 0 Å². The van der Waals surface area contributed by atoms with E-state index in [1.165, 1.54) is 18.2 Å². The molecule has 0 spiro atoms. The second kappa shape index (κ2) is 4.71. The zero-order valence-corrected chi connectivity index (χ0v) is 11.7. The molecular formula is C15H14FNO2S. The summed E-state index contributed by atoms with van der Waals surface area (Å²) in [6.07, 6.45) is 4.18. The van der Waals surface area contributed by atoms with Crippen LogP contribution in [-0.2, 0) is 16.3 Å². The molecule has 20 heavy (non-hydrogen) atoms. The average Bonchev–Trinajstić information content (AvgIpc) is 2.59. The van der Waals surface area contributed by atoms with E-state index in [0.717, 1.165) is 5.57 Å². The maximum absolute atomic E-state index is 13.3. The molecule has 5 heteroatoms. The van der Waals surface area contributed by atoms with Crippen molar-refractivity contribution in [2.24, 2.45) is 0 Å². The zero-order valence-electron chi connectivity index (χ0n) is 10.8. The summed E-state index contributed by atoms with van der Waals surface area (Å²) in [6.45, 7) is 0. The fourth-order valence-electron chi connectivity index (χ4n) is 3.14. The Morgan fingerprint density at radius 2 is 2.15 bits per heavy atom. The molecule has 2 bridgehead atoms. The number of nitrogens with zero attached hydrogens (tertiary/aromatic N) is 1. The molecule has 3 rings (SSSR count). The van der Waals surface area contributed by atoms with Crippen molar-refractivity contribution in [3.63, 3.8) is 0 Å². The lowest BCUT2D eigenvalue weighted by atomic mass is 9.97. The predicted octanol–water partition coefficient (Wildman–Crippen LogP) is 2.52. The smallest absolute Gasteiger partial charge is 0.159 e. The Morgan fingerprint density at radius 3 is 2.85 bits per heavy atom. The lowest BCUT2D eigenvalue weighted by molar-refractivity contribution is 0.580. The van der Waals surface area contributed by atoms with Crippen LogP contribution in [0, 0.1) is 17.1 Å². The molecule has 2 aliphatic heterocycles. The van der Waals surface area contributed by atoms with Crippen molar-refractivity contribution in [3.8, 4) is 6.07 Å². The number of nitriles is 1. The van der Waals surface area contributed by atoms with Gasteiger partial charge in [0.25, 0.3) is 0 Å². The molecule has 0 N–H and O–H groups in total. The first-order valence-corrected chi connectivity index (χ1v) is 8.22. The average molecular weight is 291 g/mol. The third-order valence-electron chi connectivity index (χ3n) is 4.18. The second-order valence-corrected chi connectivity index (χ2v) is 7.90. The highest BCUT2D eigenvalue weighted by atomic mass is 32.2. The third-order valence-corrected chi connectivity index (χ3v) is 6.72. The van der Waals surface area contributed by atoms with E-state index in [0.29, 0.717) is 36.8 Å². The van der Waals surface area contributed by atoms with Crippen LogP contribution >= 0.6 is 0 Å². The van der Waals surface area contributed by atoms with Crippen molar-refractivity contribution in [2.45, 2.75) is 36.2 Å². The van der Waals surface area contributed by atoms with Crippen molar-refractivity contribution in [1.82, 2.24) is 0 Å². The predicted molar refractivity (Wildman–Crippen MR) is 73.2 cm³/mol. The molecule has 1 fully saturated rings. The summed E-state index contributed by atoms with van der Waals surface area (Å²) in [5.74, 6) is -0.369. The number of halogens is 1. The van der Waals surface area contributed by atoms with Crippen LogP contribution in [0.1, 0.15) is 30.4 Å². The van der Waals surface area contributed by atoms with Gasteiger partial charge in [0.2, 0.25) is 0 Å². The number of benzene rings is 1. The van der Waals surface area contributed by atoms with E-state index in [1.807, 2.05) is 6.08 Å². The summed E-state index contributed by atoms with van der Waals surface area (Å²) in [6, 6.07) is 6.16. The monoisotopic (exact) mass is 291 g/mol. The van der Waals surface area contributed by atoms with Crippen LogP contribution in [0.2, 0.25) is 0 Å². The molecule has 1 aromatic carbocycles. The quantitative estimate of drug-likeness (QED) is 0.787. The number of hydrogen-bond acceptors (Lipinski definition) is 3. The summed E-state index contributed by atoms with van der Waals surface area (Å²) >= 11 is 0. The number of rotatable bonds is 2. The summed E-state index contributed by atoms with van der Waals surface area (Å²) in [7, 11) is -2.99. The molecule has 0 saturated carbocycles. The van der Waals surface area contributed by atoms with Crippen LogP contribution in [0.3, 0.4) is 0 Å². The van der Waals surface area contributed by atoms with E-state index in [-0.39, 0.29) is 16.3 Å². The first kappa shape index (κ1) is 13.3. The van der Waals surface area contributed by atoms with Gasteiger partial charge in [-0.1, -0.05) is 11.6 Å². The van der Waals surface area contributed by atoms with Gasteiger partial charge in [-0.15, -0.1) is 0 Å². The molecular weight excluding hydrogens is 277 g/mol. The van der Waals surface area contributed by atoms with Crippen molar-refractivity contribution < 1.29 is 12.8 Å². The van der Waals surface area contributed by atoms with E-state index >= 15 is 0 Å². The maximum atomic E-state index is 13.3. The maximum Gasteiger partial charge on any atom is 0.159 e. The van der Waals surface area contributed by atoms with Gasteiger partial charge in [0, 0.05) is 0 Å². The van der Waals surface area contributed by atoms with Crippen LogP contribution in [0.25, 0.3) is 0 Å². The van der Waals surface area contributed by atoms with Crippen LogP contribution in [0.15, 0.2) is 29.8 Å². The SMILES string of the molecule is N#Cc1ccc(F)cc1CC1=CC2CCC(C1)S2(=O)=O. The normalized spacial score (nSPS) is 26.9. The van der Waals surface area contributed by atoms with Gasteiger partial charge in [0.1, 0.15) is 5.82 Å². The molecule has 0 aliphatic carbocycles. The molecule has 0 aromatic heterocycles. The summed E-state index contributed by atoms with van der Waals surface area (Å²) in [5.41, 5.74) is 2.10. The number of sulfone groups is 1. The number of fused-ring (bicyclic) bond motifs is 2. The van der Waals surface area contributed by atoms with Gasteiger partial charge in [0.05, 0.1) is 22.1 Å². The Hall–Kier alpha value is -1.67. The standard InChI is InChI=1S/C15H14FNO2S/c16-13-2-1-11(9-17)12(8-13)5-10-6-14-3-4-15(7-10)20(14,18)19/h1-2,6,8,14-15H,3-5,7H2. The van der Waals surface area contributed by atoms with Crippen LogP contribution < -0.4 is 0 Å². The number of allylic oxidation sites excluding steroid dienone is 1. The Balaban J connectivity index is 1.91. The van der Waals surface area contributed by atoms with Gasteiger partial charge >= 0.3 is 0 Å². The van der Waals surface area contributed by atoms with Gasteiger partial charge in [-0.05, 0) is 49.4 Å². The molecule has 2 heterocycles. The Kier molecular flexibility index (Phi) is 3.14. The van der Waals surface area contributed by atoms with Crippen molar-refractivity contribution in [1.29, 1.82) is 5.26 Å². The van der Waals surface area contributed by atoms with Gasteiger partial charge < -0.3 is 0 Å². The topological polar surface area (TPSA) is 57.9 Å². The fraction of sp³-hybridized carbons (Fsp3) is 0.400. The first-order valence-electron chi connectivity index (χ1n) is 6.61. The molecule has 2 aliphatic rings. The highest BCUT2D eigenvalue weighted by molar-refractivity contribution is 7.93. The van der Waals surface area contributed by atoms with Crippen molar-refractivity contribution >= 4 is 9.84 Å². The molecule has 2 unspecified atom stereocenters. The van der Waals surface area contributed by atoms with E-state index in [9.17, 15) is 12.8 Å². The third kappa shape index (κ3) is 2.14. The largest absolute Gasteiger partial charge is 0.228 e. The van der Waals surface area contributed by atoms with Crippen LogP contribution in [0.4, 0.5) is 4.39 Å². The Morgan fingerprint density at radius 1 is 1.35 bits per heavy atom. The minimum absolute atomic E-state index is 0.286. The molecule has 2 atom stereocenters. The van der Waals surface area contributed by atoms with Crippen molar-refractivity contribution in [2.75, 3.05) is 0 Å². The highest BCUT2D eigenvalue weighted by Crippen LogP contribution is 2.38. The minimum atomic E-state index is -2.99. The lowest BCUT2D eigenvalue weighted by Gasteiger charge is -2.20. The van der Waals surface area contributed by atoms with Gasteiger partial charge in [-0.3, -0.25) is 0 Å². The van der Waals surface area contributed by atoms with E-state index in [2.05, 4.69) is 6.07 Å². The van der Waals surface area contributed by atoms with Crippen LogP contribution in [-0.4, -0.2) is 18.9 Å². The summed E-state index contributed by atoms with van der Waals surface area (Å²) in [5, 5.41) is 8.39. The van der Waals surface area contributed by atoms with E-state index in [4.69, 9.17) is 5.26 Å². The van der Waals surface area contributed by atoms with E-state index in [1.54, 1.807) is 0 Å². The van der Waals surface area contributed by atoms with Crippen molar-refractivity contribution in [3.05, 3.63) is 46.8 Å². The fourth-order valence-corrected chi connectivity index (χ4v) is 5.39. The Labute approximate surface area is 117 Å². The molecule has 1 aromatic rings. The molecule has 0 radical (unpaired) electrons. The van der Waals surface area contributed by atoms with E-state index < -0.39 is 9.84 Å². The summed E-state index contributed by atoms with van der Waals surface area (Å²) in [4.78, 5) is 0. The van der Waals surface area contributed by atoms with Gasteiger partial charge in [-0.2, -0.15) is 5.26 Å². The highest BCUT2D eigenvalue weighted by Gasteiger charge is 2.42.